The molecule has 0 aliphatic heterocycles. The molecule has 0 heterocycles. The van der Waals surface area contributed by atoms with Gasteiger partial charge in [0.25, 0.3) is 0 Å². The molecule has 0 saturated heterocycles. The summed E-state index contributed by atoms with van der Waals surface area (Å²) in [5, 5.41) is 0. The van der Waals surface area contributed by atoms with Crippen LogP contribution in [0.4, 0.5) is 0 Å². The fourth-order valence-corrected chi connectivity index (χ4v) is 0.204. The van der Waals surface area contributed by atoms with E-state index in [-0.39, 0.29) is 0 Å². The second-order valence-corrected chi connectivity index (χ2v) is 2.12. The van der Waals surface area contributed by atoms with Crippen molar-refractivity contribution in [1.29, 1.82) is 0 Å². The highest BCUT2D eigenvalue weighted by Gasteiger charge is 1.64. The van der Waals surface area contributed by atoms with Crippen molar-refractivity contribution in [2.24, 2.45) is 0 Å². The Morgan fingerprint density at radius 2 is 1.22 bits per heavy atom. The summed E-state index contributed by atoms with van der Waals surface area (Å²) in [4.78, 5) is 2.00. The van der Waals surface area contributed by atoms with Crippen molar-refractivity contribution >= 4 is 0 Å². The van der Waals surface area contributed by atoms with Gasteiger partial charge in [-0.15, -0.1) is 0 Å². The molecule has 58 valence electrons. The van der Waals surface area contributed by atoms with Gasteiger partial charge in [-0.2, -0.15) is 0 Å². The molecule has 0 rings (SSSR count). The van der Waals surface area contributed by atoms with Crippen LogP contribution in [0, 0.1) is 0 Å². The predicted octanol–water partition coefficient (Wildman–Crippen LogP) is 1.22. The summed E-state index contributed by atoms with van der Waals surface area (Å²) in [6, 6.07) is 0. The summed E-state index contributed by atoms with van der Waals surface area (Å²) in [7, 11) is 6.00. The SMILES string of the molecule is CCOCC.CN(C)C. The van der Waals surface area contributed by atoms with E-state index in [1.54, 1.807) is 0 Å². The molecule has 0 radical (unpaired) electrons. The Morgan fingerprint density at radius 3 is 1.22 bits per heavy atom. The van der Waals surface area contributed by atoms with Crippen LogP contribution in [0.3, 0.4) is 0 Å². The van der Waals surface area contributed by atoms with Gasteiger partial charge in [-0.3, -0.25) is 0 Å². The molecule has 0 bridgehead atoms. The molecule has 0 fully saturated rings. The average Bonchev–Trinajstić information content (AvgIpc) is 1.66. The van der Waals surface area contributed by atoms with Crippen LogP contribution >= 0.6 is 0 Å². The molecule has 0 saturated carbocycles. The number of ether oxygens (including phenoxy) is 1. The molecular weight excluding hydrogens is 114 g/mol. The van der Waals surface area contributed by atoms with Crippen molar-refractivity contribution in [2.45, 2.75) is 13.8 Å². The normalized spacial score (nSPS) is 8.67. The highest BCUT2D eigenvalue weighted by molar-refractivity contribution is 4.09. The van der Waals surface area contributed by atoms with E-state index in [4.69, 9.17) is 4.74 Å². The Morgan fingerprint density at radius 1 is 1.00 bits per heavy atom. The molecular formula is C7H19NO. The minimum absolute atomic E-state index is 0.844. The molecule has 0 aromatic heterocycles. The smallest absolute Gasteiger partial charge is 0.0437 e. The van der Waals surface area contributed by atoms with E-state index in [0.29, 0.717) is 0 Å². The van der Waals surface area contributed by atoms with E-state index >= 15 is 0 Å². The number of rotatable bonds is 2. The first-order chi connectivity index (χ1) is 4.15. The van der Waals surface area contributed by atoms with Gasteiger partial charge in [0.15, 0.2) is 0 Å². The molecule has 0 N–H and O–H groups in total. The van der Waals surface area contributed by atoms with E-state index in [1.807, 2.05) is 39.9 Å². The lowest BCUT2D eigenvalue weighted by atomic mass is 10.8. The second kappa shape index (κ2) is 10.8. The maximum absolute atomic E-state index is 4.83. The summed E-state index contributed by atoms with van der Waals surface area (Å²) in [5.41, 5.74) is 0. The van der Waals surface area contributed by atoms with Gasteiger partial charge in [0.2, 0.25) is 0 Å². The van der Waals surface area contributed by atoms with Crippen LogP contribution in [-0.2, 0) is 4.74 Å². The first-order valence-electron chi connectivity index (χ1n) is 3.33. The molecule has 0 aromatic rings. The number of hydrogen-bond donors (Lipinski definition) is 0. The third-order valence-electron chi connectivity index (χ3n) is 0.408. The minimum atomic E-state index is 0.844. The van der Waals surface area contributed by atoms with Gasteiger partial charge in [0, 0.05) is 13.2 Å². The Kier molecular flexibility index (Phi) is 14.0. The topological polar surface area (TPSA) is 12.5 Å². The third kappa shape index (κ3) is 75.3. The van der Waals surface area contributed by atoms with Crippen LogP contribution in [0.15, 0.2) is 0 Å². The molecule has 0 aliphatic rings. The number of hydrogen-bond acceptors (Lipinski definition) is 2. The molecule has 0 spiro atoms. The van der Waals surface area contributed by atoms with Crippen molar-refractivity contribution in [2.75, 3.05) is 34.4 Å². The Bertz CT molecular complexity index is 33.1. The van der Waals surface area contributed by atoms with E-state index < -0.39 is 0 Å². The summed E-state index contributed by atoms with van der Waals surface area (Å²) in [6.07, 6.45) is 0. The zero-order valence-electron chi connectivity index (χ0n) is 7.27. The summed E-state index contributed by atoms with van der Waals surface area (Å²) in [5.74, 6) is 0. The van der Waals surface area contributed by atoms with Crippen LogP contribution in [0.25, 0.3) is 0 Å². The van der Waals surface area contributed by atoms with Gasteiger partial charge >= 0.3 is 0 Å². The molecule has 9 heavy (non-hydrogen) atoms. The lowest BCUT2D eigenvalue weighted by Gasteiger charge is -1.90. The van der Waals surface area contributed by atoms with Crippen LogP contribution in [0.2, 0.25) is 0 Å². The van der Waals surface area contributed by atoms with Crippen LogP contribution in [0.1, 0.15) is 13.8 Å². The third-order valence-corrected chi connectivity index (χ3v) is 0.408. The molecule has 0 unspecified atom stereocenters. The summed E-state index contributed by atoms with van der Waals surface area (Å²) < 4.78 is 4.83. The Balaban J connectivity index is 0. The Labute approximate surface area is 58.8 Å². The predicted molar refractivity (Wildman–Crippen MR) is 41.8 cm³/mol. The molecule has 0 amide bonds. The van der Waals surface area contributed by atoms with Crippen molar-refractivity contribution < 1.29 is 4.74 Å². The zero-order chi connectivity index (χ0) is 7.70. The second-order valence-electron chi connectivity index (χ2n) is 2.12. The standard InChI is InChI=1S/C4H10O.C3H9N/c1-3-5-4-2;1-4(2)3/h3-4H2,1-2H3;1-3H3. The fraction of sp³-hybridized carbons (Fsp3) is 1.00. The minimum Gasteiger partial charge on any atom is -0.382 e. The lowest BCUT2D eigenvalue weighted by molar-refractivity contribution is 0.162. The lowest BCUT2D eigenvalue weighted by Crippen LogP contribution is -1.99. The van der Waals surface area contributed by atoms with Crippen LogP contribution in [-0.4, -0.2) is 39.3 Å². The zero-order valence-corrected chi connectivity index (χ0v) is 7.27. The van der Waals surface area contributed by atoms with Crippen LogP contribution < -0.4 is 0 Å². The maximum atomic E-state index is 4.83. The van der Waals surface area contributed by atoms with Crippen molar-refractivity contribution in [1.82, 2.24) is 4.90 Å². The molecule has 0 aliphatic carbocycles. The first kappa shape index (κ1) is 11.7. The number of nitrogens with zero attached hydrogens (tertiary/aromatic N) is 1. The molecule has 0 aromatic carbocycles. The van der Waals surface area contributed by atoms with Crippen LogP contribution in [0.5, 0.6) is 0 Å². The molecule has 2 heteroatoms. The maximum Gasteiger partial charge on any atom is 0.0437 e. The van der Waals surface area contributed by atoms with Gasteiger partial charge in [0.1, 0.15) is 0 Å². The highest BCUT2D eigenvalue weighted by atomic mass is 16.5. The quantitative estimate of drug-likeness (QED) is 0.561. The molecule has 0 atom stereocenters. The fourth-order valence-electron chi connectivity index (χ4n) is 0.204. The Hall–Kier alpha value is -0.0800. The van der Waals surface area contributed by atoms with Gasteiger partial charge in [0.05, 0.1) is 0 Å². The largest absolute Gasteiger partial charge is 0.382 e. The van der Waals surface area contributed by atoms with E-state index in [1.165, 1.54) is 0 Å². The van der Waals surface area contributed by atoms with Gasteiger partial charge in [-0.1, -0.05) is 0 Å². The van der Waals surface area contributed by atoms with E-state index in [2.05, 4.69) is 0 Å². The van der Waals surface area contributed by atoms with E-state index in [0.717, 1.165) is 13.2 Å². The summed E-state index contributed by atoms with van der Waals surface area (Å²) in [6.45, 7) is 5.67. The average molecular weight is 133 g/mol. The first-order valence-corrected chi connectivity index (χ1v) is 3.33. The van der Waals surface area contributed by atoms with Crippen molar-refractivity contribution in [3.63, 3.8) is 0 Å². The van der Waals surface area contributed by atoms with E-state index in [9.17, 15) is 0 Å². The van der Waals surface area contributed by atoms with Gasteiger partial charge < -0.3 is 9.64 Å². The molecule has 2 nitrogen and oxygen atoms in total. The van der Waals surface area contributed by atoms with Crippen molar-refractivity contribution in [3.05, 3.63) is 0 Å². The highest BCUT2D eigenvalue weighted by Crippen LogP contribution is 1.64. The van der Waals surface area contributed by atoms with Gasteiger partial charge in [-0.25, -0.2) is 0 Å². The van der Waals surface area contributed by atoms with Crippen molar-refractivity contribution in [3.8, 4) is 0 Å². The monoisotopic (exact) mass is 133 g/mol. The van der Waals surface area contributed by atoms with Gasteiger partial charge in [-0.05, 0) is 35.0 Å². The summed E-state index contributed by atoms with van der Waals surface area (Å²) >= 11 is 0.